The van der Waals surface area contributed by atoms with Crippen LogP contribution in [0, 0.1) is 0 Å². The summed E-state index contributed by atoms with van der Waals surface area (Å²) in [6.07, 6.45) is 1.51. The second-order valence-corrected chi connectivity index (χ2v) is 3.71. The summed E-state index contributed by atoms with van der Waals surface area (Å²) < 4.78 is 15.6. The van der Waals surface area contributed by atoms with E-state index in [0.29, 0.717) is 0 Å². The van der Waals surface area contributed by atoms with E-state index in [1.807, 2.05) is 13.8 Å². The van der Waals surface area contributed by atoms with Crippen LogP contribution in [0.3, 0.4) is 0 Å². The lowest BCUT2D eigenvalue weighted by atomic mass is 10.2. The molecule has 1 aliphatic heterocycles. The van der Waals surface area contributed by atoms with Crippen LogP contribution in [0.15, 0.2) is 0 Å². The molecule has 0 aromatic carbocycles. The Morgan fingerprint density at radius 2 is 1.80 bits per heavy atom. The summed E-state index contributed by atoms with van der Waals surface area (Å²) in [6, 6.07) is 0. The zero-order valence-electron chi connectivity index (χ0n) is 6.53. The first-order valence-electron chi connectivity index (χ1n) is 3.40. The number of hydrogen-bond donors (Lipinski definition) is 0. The molecule has 60 valence electrons. The summed E-state index contributed by atoms with van der Waals surface area (Å²) in [5.74, 6) is 0. The van der Waals surface area contributed by atoms with E-state index in [-0.39, 0.29) is 12.2 Å². The molecule has 1 rings (SSSR count). The van der Waals surface area contributed by atoms with Gasteiger partial charge in [0.1, 0.15) is 0 Å². The average molecular weight is 164 g/mol. The van der Waals surface area contributed by atoms with Crippen molar-refractivity contribution in [1.29, 1.82) is 0 Å². The van der Waals surface area contributed by atoms with E-state index in [1.165, 1.54) is 0 Å². The van der Waals surface area contributed by atoms with Gasteiger partial charge in [-0.25, -0.2) is 0 Å². The van der Waals surface area contributed by atoms with Gasteiger partial charge in [0.15, 0.2) is 0 Å². The zero-order valence-corrected chi connectivity index (χ0v) is 7.43. The van der Waals surface area contributed by atoms with E-state index in [0.717, 1.165) is 6.42 Å². The SMILES string of the molecule is COP1O[C@H](C)C[C@H](C)O1. The van der Waals surface area contributed by atoms with Gasteiger partial charge in [0.2, 0.25) is 0 Å². The fraction of sp³-hybridized carbons (Fsp3) is 1.00. The molecule has 1 unspecified atom stereocenters. The van der Waals surface area contributed by atoms with E-state index >= 15 is 0 Å². The molecule has 0 spiro atoms. The zero-order chi connectivity index (χ0) is 7.56. The van der Waals surface area contributed by atoms with E-state index in [4.69, 9.17) is 13.6 Å². The van der Waals surface area contributed by atoms with Crippen LogP contribution in [0.4, 0.5) is 0 Å². The first-order valence-corrected chi connectivity index (χ1v) is 4.49. The molecular formula is C6H13O3P. The highest BCUT2D eigenvalue weighted by Crippen LogP contribution is 2.46. The van der Waals surface area contributed by atoms with Crippen LogP contribution in [0.1, 0.15) is 20.3 Å². The number of hydrogen-bond acceptors (Lipinski definition) is 3. The molecule has 1 aliphatic rings. The third kappa shape index (κ3) is 2.17. The second kappa shape index (κ2) is 3.63. The van der Waals surface area contributed by atoms with Crippen LogP contribution in [0.25, 0.3) is 0 Å². The summed E-state index contributed by atoms with van der Waals surface area (Å²) in [5, 5.41) is 0. The topological polar surface area (TPSA) is 27.7 Å². The lowest BCUT2D eigenvalue weighted by Gasteiger charge is -2.29. The van der Waals surface area contributed by atoms with Crippen molar-refractivity contribution in [3.8, 4) is 0 Å². The van der Waals surface area contributed by atoms with Crippen molar-refractivity contribution in [1.82, 2.24) is 0 Å². The summed E-state index contributed by atoms with van der Waals surface area (Å²) >= 11 is 0. The molecule has 3 nitrogen and oxygen atoms in total. The molecule has 4 heteroatoms. The van der Waals surface area contributed by atoms with E-state index in [2.05, 4.69) is 0 Å². The van der Waals surface area contributed by atoms with Crippen LogP contribution in [-0.2, 0) is 13.6 Å². The molecule has 0 aliphatic carbocycles. The predicted octanol–water partition coefficient (Wildman–Crippen LogP) is 2.07. The Hall–Kier alpha value is 0.310. The maximum atomic E-state index is 5.33. The highest BCUT2D eigenvalue weighted by molar-refractivity contribution is 7.41. The predicted molar refractivity (Wildman–Crippen MR) is 39.6 cm³/mol. The fourth-order valence-electron chi connectivity index (χ4n) is 0.958. The standard InChI is InChI=1S/C6H13O3P/c1-5-4-6(2)9-10(7-3)8-5/h5-6H,4H2,1-3H3/t5-,6+,10?. The van der Waals surface area contributed by atoms with Gasteiger partial charge in [-0.2, -0.15) is 0 Å². The molecule has 0 aromatic rings. The molecule has 0 N–H and O–H groups in total. The monoisotopic (exact) mass is 164 g/mol. The van der Waals surface area contributed by atoms with Gasteiger partial charge in [-0.05, 0) is 13.8 Å². The average Bonchev–Trinajstić information content (AvgIpc) is 1.85. The molecule has 10 heavy (non-hydrogen) atoms. The van der Waals surface area contributed by atoms with Gasteiger partial charge >= 0.3 is 8.60 Å². The molecule has 1 saturated heterocycles. The van der Waals surface area contributed by atoms with Gasteiger partial charge in [0, 0.05) is 13.5 Å². The van der Waals surface area contributed by atoms with Gasteiger partial charge < -0.3 is 13.6 Å². The van der Waals surface area contributed by atoms with Gasteiger partial charge in [-0.1, -0.05) is 0 Å². The summed E-state index contributed by atoms with van der Waals surface area (Å²) in [4.78, 5) is 0. The molecule has 0 bridgehead atoms. The molecule has 3 atom stereocenters. The van der Waals surface area contributed by atoms with E-state index in [1.54, 1.807) is 7.11 Å². The first-order chi connectivity index (χ1) is 4.72. The third-order valence-corrected chi connectivity index (χ3v) is 2.71. The Morgan fingerprint density at radius 3 is 2.20 bits per heavy atom. The van der Waals surface area contributed by atoms with Crippen molar-refractivity contribution in [2.45, 2.75) is 32.5 Å². The normalized spacial score (nSPS) is 41.7. The molecule has 0 amide bonds. The molecule has 0 aromatic heterocycles. The van der Waals surface area contributed by atoms with Gasteiger partial charge in [0.25, 0.3) is 0 Å². The quantitative estimate of drug-likeness (QED) is 0.555. The molecule has 0 saturated carbocycles. The Bertz CT molecular complexity index is 99.2. The van der Waals surface area contributed by atoms with Crippen molar-refractivity contribution in [2.75, 3.05) is 7.11 Å². The minimum Gasteiger partial charge on any atom is -0.316 e. The van der Waals surface area contributed by atoms with Crippen molar-refractivity contribution in [3.05, 3.63) is 0 Å². The number of rotatable bonds is 1. The van der Waals surface area contributed by atoms with E-state index in [9.17, 15) is 0 Å². The van der Waals surface area contributed by atoms with Crippen LogP contribution in [-0.4, -0.2) is 19.3 Å². The van der Waals surface area contributed by atoms with Crippen LogP contribution in [0.2, 0.25) is 0 Å². The third-order valence-electron chi connectivity index (χ3n) is 1.34. The van der Waals surface area contributed by atoms with Gasteiger partial charge in [-0.3, -0.25) is 0 Å². The Balaban J connectivity index is 2.35. The van der Waals surface area contributed by atoms with Crippen molar-refractivity contribution in [2.24, 2.45) is 0 Å². The van der Waals surface area contributed by atoms with Crippen molar-refractivity contribution < 1.29 is 13.6 Å². The Labute approximate surface area is 62.7 Å². The van der Waals surface area contributed by atoms with Gasteiger partial charge in [0.05, 0.1) is 12.2 Å². The largest absolute Gasteiger partial charge is 0.332 e. The minimum absolute atomic E-state index is 0.273. The maximum Gasteiger partial charge on any atom is 0.332 e. The van der Waals surface area contributed by atoms with Crippen molar-refractivity contribution >= 4 is 8.60 Å². The highest BCUT2D eigenvalue weighted by atomic mass is 31.2. The summed E-state index contributed by atoms with van der Waals surface area (Å²) in [5.41, 5.74) is 0. The Kier molecular flexibility index (Phi) is 3.05. The molecule has 0 radical (unpaired) electrons. The van der Waals surface area contributed by atoms with Crippen LogP contribution < -0.4 is 0 Å². The Morgan fingerprint density at radius 1 is 1.30 bits per heavy atom. The minimum atomic E-state index is -1.05. The summed E-state index contributed by atoms with van der Waals surface area (Å²) in [6.45, 7) is 4.07. The lowest BCUT2D eigenvalue weighted by molar-refractivity contribution is 0.0394. The van der Waals surface area contributed by atoms with Gasteiger partial charge in [-0.15, -0.1) is 0 Å². The lowest BCUT2D eigenvalue weighted by Crippen LogP contribution is -2.22. The molecular weight excluding hydrogens is 151 g/mol. The maximum absolute atomic E-state index is 5.33. The first kappa shape index (κ1) is 8.41. The van der Waals surface area contributed by atoms with E-state index < -0.39 is 8.60 Å². The molecule has 1 heterocycles. The second-order valence-electron chi connectivity index (χ2n) is 2.47. The van der Waals surface area contributed by atoms with Crippen molar-refractivity contribution in [3.63, 3.8) is 0 Å². The van der Waals surface area contributed by atoms with Crippen LogP contribution in [0.5, 0.6) is 0 Å². The van der Waals surface area contributed by atoms with Crippen LogP contribution >= 0.6 is 8.60 Å². The molecule has 1 fully saturated rings. The summed E-state index contributed by atoms with van der Waals surface area (Å²) in [7, 11) is 0.559. The smallest absolute Gasteiger partial charge is 0.316 e. The fourth-order valence-corrected chi connectivity index (χ4v) is 1.94. The highest BCUT2D eigenvalue weighted by Gasteiger charge is 2.25.